The van der Waals surface area contributed by atoms with Gasteiger partial charge in [-0.25, -0.2) is 0 Å². The van der Waals surface area contributed by atoms with Gasteiger partial charge in [-0.3, -0.25) is 14.4 Å². The number of carbonyl (C=O) groups is 3. The van der Waals surface area contributed by atoms with Gasteiger partial charge in [0.05, 0.1) is 0 Å². The first-order chi connectivity index (χ1) is 15.3. The second kappa shape index (κ2) is 13.2. The van der Waals surface area contributed by atoms with Crippen LogP contribution in [0.4, 0.5) is 0 Å². The third kappa shape index (κ3) is 7.91. The van der Waals surface area contributed by atoms with Gasteiger partial charge in [0, 0.05) is 0 Å². The van der Waals surface area contributed by atoms with Gasteiger partial charge in [-0.15, -0.1) is 6.58 Å². The van der Waals surface area contributed by atoms with Gasteiger partial charge in [0.1, 0.15) is 16.8 Å². The molecule has 0 saturated heterocycles. The van der Waals surface area contributed by atoms with Crippen LogP contribution >= 0.6 is 0 Å². The number of carbonyl (C=O) groups excluding carboxylic acids is 3. The predicted molar refractivity (Wildman–Crippen MR) is 131 cm³/mol. The fraction of sp³-hybridized carbons (Fsp3) is 0.783. The van der Waals surface area contributed by atoms with E-state index in [1.165, 1.54) is 5.70 Å². The van der Waals surface area contributed by atoms with Gasteiger partial charge in [0.2, 0.25) is 17.7 Å². The fourth-order valence-electron chi connectivity index (χ4n) is 3.73. The maximum atomic E-state index is 13.1. The summed E-state index contributed by atoms with van der Waals surface area (Å²) < 4.78 is 0. The molecule has 9 nitrogen and oxygen atoms in total. The molecule has 192 valence electrons. The molecule has 3 amide bonds. The number of amides is 3. The molecule has 6 N–H and O–H groups in total. The van der Waals surface area contributed by atoms with Crippen LogP contribution in [0.25, 0.3) is 0 Å². The number of rotatable bonds is 16. The standard InChI is InChI=1S/C23H45N3O6Si/c1-8-15-21(30,11-4)18(27)24-33(14-7,25-19(28)22(31,12-5)16-9-2)26-20(29)23(32,13-6)17-10-3/h14,30-32H,7-13,15-17H2,1-6H3,(H,24,27)(H,25,28)(H,26,29). The van der Waals surface area contributed by atoms with E-state index in [4.69, 9.17) is 0 Å². The van der Waals surface area contributed by atoms with Crippen molar-refractivity contribution in [3.63, 3.8) is 0 Å². The Hall–Kier alpha value is -1.75. The minimum atomic E-state index is -3.94. The van der Waals surface area contributed by atoms with Crippen LogP contribution in [0.2, 0.25) is 0 Å². The van der Waals surface area contributed by atoms with E-state index in [9.17, 15) is 29.7 Å². The Morgan fingerprint density at radius 3 is 1.06 bits per heavy atom. The number of hydrogen-bond acceptors (Lipinski definition) is 6. The van der Waals surface area contributed by atoms with Crippen LogP contribution in [0.5, 0.6) is 0 Å². The first-order valence-electron chi connectivity index (χ1n) is 12.1. The molecule has 0 aromatic heterocycles. The van der Waals surface area contributed by atoms with Gasteiger partial charge in [-0.05, 0) is 44.2 Å². The van der Waals surface area contributed by atoms with E-state index < -0.39 is 43.1 Å². The van der Waals surface area contributed by atoms with E-state index in [2.05, 4.69) is 21.5 Å². The largest absolute Gasteiger partial charge is 0.405 e. The molecule has 0 aliphatic rings. The van der Waals surface area contributed by atoms with Crippen LogP contribution in [0.3, 0.4) is 0 Å². The monoisotopic (exact) mass is 487 g/mol. The molecule has 0 rings (SSSR count). The van der Waals surface area contributed by atoms with Crippen LogP contribution in [-0.4, -0.2) is 58.4 Å². The van der Waals surface area contributed by atoms with Gasteiger partial charge in [0.25, 0.3) is 0 Å². The lowest BCUT2D eigenvalue weighted by Gasteiger charge is -2.38. The van der Waals surface area contributed by atoms with Crippen LogP contribution in [0, 0.1) is 0 Å². The normalized spacial score (nSPS) is 18.6. The minimum absolute atomic E-state index is 0.125. The lowest BCUT2D eigenvalue weighted by atomic mass is 9.94. The molecule has 33 heavy (non-hydrogen) atoms. The summed E-state index contributed by atoms with van der Waals surface area (Å²) in [5, 5.41) is 32.5. The van der Waals surface area contributed by atoms with Crippen molar-refractivity contribution in [2.24, 2.45) is 0 Å². The third-order valence-corrected chi connectivity index (χ3v) is 8.73. The molecular weight excluding hydrogens is 442 g/mol. The Morgan fingerprint density at radius 2 is 0.909 bits per heavy atom. The summed E-state index contributed by atoms with van der Waals surface area (Å²) in [4.78, 5) is 47.3. The van der Waals surface area contributed by atoms with Crippen molar-refractivity contribution < 1.29 is 29.7 Å². The van der Waals surface area contributed by atoms with Gasteiger partial charge in [-0.1, -0.05) is 60.8 Å². The van der Waals surface area contributed by atoms with Crippen LogP contribution < -0.4 is 14.9 Å². The van der Waals surface area contributed by atoms with E-state index >= 15 is 0 Å². The van der Waals surface area contributed by atoms with Crippen molar-refractivity contribution in [3.8, 4) is 0 Å². The lowest BCUT2D eigenvalue weighted by Crippen LogP contribution is -2.79. The topological polar surface area (TPSA) is 148 Å². The SMILES string of the molecule is C=C[Si](NC(=O)C(O)(CC)CCC)(NC(=O)C(O)(CC)CCC)NC(=O)C(O)(CC)CCC. The highest BCUT2D eigenvalue weighted by atomic mass is 28.4. The van der Waals surface area contributed by atoms with Crippen molar-refractivity contribution >= 4 is 26.3 Å². The van der Waals surface area contributed by atoms with E-state index in [0.717, 1.165) is 0 Å². The summed E-state index contributed by atoms with van der Waals surface area (Å²) in [6.45, 7) is 14.2. The van der Waals surface area contributed by atoms with Gasteiger partial charge < -0.3 is 30.3 Å². The molecule has 3 atom stereocenters. The van der Waals surface area contributed by atoms with Crippen LogP contribution in [-0.2, 0) is 14.4 Å². The van der Waals surface area contributed by atoms with E-state index in [0.29, 0.717) is 19.3 Å². The molecule has 0 aromatic rings. The van der Waals surface area contributed by atoms with Gasteiger partial charge in [0.15, 0.2) is 0 Å². The number of hydrogen-bond donors (Lipinski definition) is 6. The molecule has 0 aromatic carbocycles. The molecule has 10 heteroatoms. The van der Waals surface area contributed by atoms with E-state index in [-0.39, 0.29) is 38.5 Å². The first kappa shape index (κ1) is 31.2. The highest BCUT2D eigenvalue weighted by Crippen LogP contribution is 2.22. The summed E-state index contributed by atoms with van der Waals surface area (Å²) in [7, 11) is -3.94. The smallest absolute Gasteiger partial charge is 0.380 e. The number of aliphatic hydroxyl groups is 3. The Balaban J connectivity index is 6.34. The molecule has 0 fully saturated rings. The lowest BCUT2D eigenvalue weighted by molar-refractivity contribution is -0.141. The quantitative estimate of drug-likeness (QED) is 0.183. The average Bonchev–Trinajstić information content (AvgIpc) is 2.78. The molecule has 0 aliphatic heterocycles. The second-order valence-electron chi connectivity index (χ2n) is 8.78. The summed E-state index contributed by atoms with van der Waals surface area (Å²) in [6, 6.07) is 0. The van der Waals surface area contributed by atoms with Gasteiger partial charge in [-0.2, -0.15) is 0 Å². The Kier molecular flexibility index (Phi) is 12.5. The van der Waals surface area contributed by atoms with Crippen LogP contribution in [0.1, 0.15) is 99.3 Å². The second-order valence-corrected chi connectivity index (χ2v) is 11.6. The summed E-state index contributed by atoms with van der Waals surface area (Å²) in [5.74, 6) is -2.28. The highest BCUT2D eigenvalue weighted by Gasteiger charge is 2.48. The van der Waals surface area contributed by atoms with Crippen molar-refractivity contribution in [2.75, 3.05) is 0 Å². The molecule has 0 bridgehead atoms. The summed E-state index contributed by atoms with van der Waals surface area (Å²) in [5.41, 5.74) is -3.88. The maximum absolute atomic E-state index is 13.1. The zero-order valence-corrected chi connectivity index (χ0v) is 22.2. The van der Waals surface area contributed by atoms with Crippen LogP contribution in [0.15, 0.2) is 12.3 Å². The van der Waals surface area contributed by atoms with Crippen molar-refractivity contribution in [3.05, 3.63) is 12.3 Å². The molecule has 0 heterocycles. The Morgan fingerprint density at radius 1 is 0.667 bits per heavy atom. The zero-order chi connectivity index (χ0) is 25.9. The fourth-order valence-corrected chi connectivity index (χ4v) is 5.99. The molecule has 0 saturated carbocycles. The van der Waals surface area contributed by atoms with E-state index in [1.54, 1.807) is 20.8 Å². The molecule has 3 unspecified atom stereocenters. The summed E-state index contributed by atoms with van der Waals surface area (Å²) >= 11 is 0. The van der Waals surface area contributed by atoms with E-state index in [1.807, 2.05) is 20.8 Å². The Bertz CT molecular complexity index is 608. The van der Waals surface area contributed by atoms with Crippen molar-refractivity contribution in [2.45, 2.75) is 116 Å². The van der Waals surface area contributed by atoms with Crippen molar-refractivity contribution in [1.82, 2.24) is 14.9 Å². The maximum Gasteiger partial charge on any atom is 0.405 e. The molecular formula is C23H45N3O6Si. The highest BCUT2D eigenvalue weighted by molar-refractivity contribution is 6.83. The average molecular weight is 488 g/mol. The Labute approximate surface area is 199 Å². The molecule has 0 aliphatic carbocycles. The molecule has 0 radical (unpaired) electrons. The third-order valence-electron chi connectivity index (χ3n) is 6.25. The molecule has 0 spiro atoms. The van der Waals surface area contributed by atoms with Gasteiger partial charge >= 0.3 is 8.56 Å². The first-order valence-corrected chi connectivity index (χ1v) is 14.2. The predicted octanol–water partition coefficient (Wildman–Crippen LogP) is 1.82. The number of nitrogens with one attached hydrogen (secondary N) is 3. The minimum Gasteiger partial charge on any atom is -0.380 e. The van der Waals surface area contributed by atoms with Crippen molar-refractivity contribution in [1.29, 1.82) is 0 Å². The summed E-state index contributed by atoms with van der Waals surface area (Å²) in [6.07, 6.45) is 2.54. The zero-order valence-electron chi connectivity index (χ0n) is 21.2.